The summed E-state index contributed by atoms with van der Waals surface area (Å²) in [5.41, 5.74) is 1.88. The average Bonchev–Trinajstić information content (AvgIpc) is 2.31. The van der Waals surface area contributed by atoms with Crippen LogP contribution in [-0.2, 0) is 6.42 Å². The van der Waals surface area contributed by atoms with Crippen molar-refractivity contribution in [2.45, 2.75) is 50.3 Å². The minimum atomic E-state index is 0.488. The van der Waals surface area contributed by atoms with Gasteiger partial charge in [-0.05, 0) is 42.4 Å². The molecule has 1 fully saturated rings. The summed E-state index contributed by atoms with van der Waals surface area (Å²) in [6.45, 7) is 2.44. The van der Waals surface area contributed by atoms with Gasteiger partial charge >= 0.3 is 0 Å². The second kappa shape index (κ2) is 5.31. The van der Waals surface area contributed by atoms with Crippen molar-refractivity contribution in [1.82, 2.24) is 4.98 Å². The Bertz CT molecular complexity index is 317. The zero-order valence-corrected chi connectivity index (χ0v) is 11.5. The molecule has 1 unspecified atom stereocenters. The van der Waals surface area contributed by atoms with Gasteiger partial charge in [0.15, 0.2) is 0 Å². The lowest BCUT2D eigenvalue weighted by atomic mass is 9.72. The highest BCUT2D eigenvalue weighted by Gasteiger charge is 2.33. The second-order valence-corrected chi connectivity index (χ2v) is 6.35. The number of hydrogen-bond acceptors (Lipinski definition) is 1. The van der Waals surface area contributed by atoms with Crippen molar-refractivity contribution in [1.29, 1.82) is 0 Å². The molecule has 1 saturated carbocycles. The van der Waals surface area contributed by atoms with Crippen molar-refractivity contribution in [2.75, 3.05) is 0 Å². The van der Waals surface area contributed by atoms with E-state index in [1.54, 1.807) is 0 Å². The standard InChI is InChI=1S/C14H20BrN/c1-14(7-3-2-4-8-14)13(15)11-12-5-9-16-10-6-12/h5-6,9-10,13H,2-4,7-8,11H2,1H3. The van der Waals surface area contributed by atoms with Crippen LogP contribution in [0.5, 0.6) is 0 Å². The molecule has 1 aromatic rings. The Kier molecular flexibility index (Phi) is 4.01. The molecule has 2 rings (SSSR count). The molecular weight excluding hydrogens is 262 g/mol. The van der Waals surface area contributed by atoms with Gasteiger partial charge in [-0.2, -0.15) is 0 Å². The molecule has 0 radical (unpaired) electrons. The minimum Gasteiger partial charge on any atom is -0.265 e. The Balaban J connectivity index is 1.99. The maximum atomic E-state index is 4.07. The van der Waals surface area contributed by atoms with Crippen LogP contribution < -0.4 is 0 Å². The van der Waals surface area contributed by atoms with E-state index in [0.717, 1.165) is 6.42 Å². The lowest BCUT2D eigenvalue weighted by molar-refractivity contribution is 0.211. The number of aromatic nitrogens is 1. The fraction of sp³-hybridized carbons (Fsp3) is 0.643. The van der Waals surface area contributed by atoms with Crippen LogP contribution in [0.15, 0.2) is 24.5 Å². The van der Waals surface area contributed by atoms with Gasteiger partial charge in [-0.25, -0.2) is 0 Å². The summed E-state index contributed by atoms with van der Waals surface area (Å²) in [6, 6.07) is 4.25. The monoisotopic (exact) mass is 281 g/mol. The maximum Gasteiger partial charge on any atom is 0.0270 e. The highest BCUT2D eigenvalue weighted by atomic mass is 79.9. The maximum absolute atomic E-state index is 4.07. The first kappa shape index (κ1) is 12.1. The zero-order valence-electron chi connectivity index (χ0n) is 9.95. The number of pyridine rings is 1. The van der Waals surface area contributed by atoms with E-state index in [1.165, 1.54) is 37.7 Å². The van der Waals surface area contributed by atoms with E-state index in [9.17, 15) is 0 Å². The molecule has 1 aliphatic rings. The van der Waals surface area contributed by atoms with E-state index in [-0.39, 0.29) is 0 Å². The molecule has 0 amide bonds. The third kappa shape index (κ3) is 2.85. The zero-order chi connectivity index (χ0) is 11.4. The molecule has 0 bridgehead atoms. The van der Waals surface area contributed by atoms with E-state index in [0.29, 0.717) is 10.2 Å². The second-order valence-electron chi connectivity index (χ2n) is 5.24. The smallest absolute Gasteiger partial charge is 0.0270 e. The topological polar surface area (TPSA) is 12.9 Å². The summed E-state index contributed by atoms with van der Waals surface area (Å²) in [5, 5.41) is 0. The summed E-state index contributed by atoms with van der Waals surface area (Å²) in [7, 11) is 0. The Morgan fingerprint density at radius 2 is 1.88 bits per heavy atom. The van der Waals surface area contributed by atoms with Gasteiger partial charge in [0.1, 0.15) is 0 Å². The molecule has 1 aromatic heterocycles. The average molecular weight is 282 g/mol. The van der Waals surface area contributed by atoms with Crippen molar-refractivity contribution in [3.63, 3.8) is 0 Å². The Labute approximate surface area is 107 Å². The quantitative estimate of drug-likeness (QED) is 0.751. The van der Waals surface area contributed by atoms with Crippen LogP contribution in [0.3, 0.4) is 0 Å². The SMILES string of the molecule is CC1(C(Br)Cc2ccncc2)CCCCC1. The molecule has 0 aliphatic heterocycles. The highest BCUT2D eigenvalue weighted by Crippen LogP contribution is 2.43. The van der Waals surface area contributed by atoms with Crippen LogP contribution in [0, 0.1) is 5.41 Å². The van der Waals surface area contributed by atoms with Gasteiger partial charge in [-0.1, -0.05) is 42.1 Å². The third-order valence-electron chi connectivity index (χ3n) is 3.92. The van der Waals surface area contributed by atoms with Crippen LogP contribution in [0.25, 0.3) is 0 Å². The predicted molar refractivity (Wildman–Crippen MR) is 71.8 cm³/mol. The summed E-state index contributed by atoms with van der Waals surface area (Å²) < 4.78 is 0. The lowest BCUT2D eigenvalue weighted by Crippen LogP contribution is -2.31. The molecule has 16 heavy (non-hydrogen) atoms. The molecule has 2 heteroatoms. The number of halogens is 1. The van der Waals surface area contributed by atoms with E-state index in [2.05, 4.69) is 40.0 Å². The summed E-state index contributed by atoms with van der Waals surface area (Å²) >= 11 is 3.91. The van der Waals surface area contributed by atoms with E-state index in [4.69, 9.17) is 0 Å². The van der Waals surface area contributed by atoms with Crippen molar-refractivity contribution < 1.29 is 0 Å². The van der Waals surface area contributed by atoms with E-state index >= 15 is 0 Å². The fourth-order valence-electron chi connectivity index (χ4n) is 2.64. The van der Waals surface area contributed by atoms with Gasteiger partial charge in [0.05, 0.1) is 0 Å². The lowest BCUT2D eigenvalue weighted by Gasteiger charge is -2.38. The largest absolute Gasteiger partial charge is 0.265 e. The first-order chi connectivity index (χ1) is 7.71. The molecule has 0 spiro atoms. The van der Waals surface area contributed by atoms with Gasteiger partial charge in [-0.15, -0.1) is 0 Å². The number of alkyl halides is 1. The third-order valence-corrected chi connectivity index (χ3v) is 5.35. The fourth-order valence-corrected chi connectivity index (χ4v) is 3.48. The van der Waals surface area contributed by atoms with Crippen LogP contribution in [0.1, 0.15) is 44.6 Å². The van der Waals surface area contributed by atoms with Gasteiger partial charge in [0, 0.05) is 17.2 Å². The molecule has 1 nitrogen and oxygen atoms in total. The Hall–Kier alpha value is -0.370. The highest BCUT2D eigenvalue weighted by molar-refractivity contribution is 9.09. The molecule has 1 aliphatic carbocycles. The minimum absolute atomic E-state index is 0.488. The van der Waals surface area contributed by atoms with Crippen LogP contribution >= 0.6 is 15.9 Å². The van der Waals surface area contributed by atoms with Crippen LogP contribution in [0.4, 0.5) is 0 Å². The normalized spacial score (nSPS) is 21.6. The summed E-state index contributed by atoms with van der Waals surface area (Å²) in [5.74, 6) is 0. The predicted octanol–water partition coefficient (Wildman–Crippen LogP) is 4.36. The first-order valence-electron chi connectivity index (χ1n) is 6.24. The van der Waals surface area contributed by atoms with Gasteiger partial charge in [0.2, 0.25) is 0 Å². The number of rotatable bonds is 3. The van der Waals surface area contributed by atoms with Crippen molar-refractivity contribution in [3.8, 4) is 0 Å². The van der Waals surface area contributed by atoms with Crippen molar-refractivity contribution in [2.24, 2.45) is 5.41 Å². The molecular formula is C14H20BrN. The first-order valence-corrected chi connectivity index (χ1v) is 7.15. The number of nitrogens with zero attached hydrogens (tertiary/aromatic N) is 1. The molecule has 1 heterocycles. The molecule has 0 aromatic carbocycles. The number of hydrogen-bond donors (Lipinski definition) is 0. The van der Waals surface area contributed by atoms with Crippen LogP contribution in [0.2, 0.25) is 0 Å². The Morgan fingerprint density at radius 1 is 1.25 bits per heavy atom. The van der Waals surface area contributed by atoms with Crippen molar-refractivity contribution in [3.05, 3.63) is 30.1 Å². The summed E-state index contributed by atoms with van der Waals surface area (Å²) in [6.07, 6.45) is 11.9. The molecule has 0 saturated heterocycles. The van der Waals surface area contributed by atoms with Gasteiger partial charge < -0.3 is 0 Å². The molecule has 88 valence electrons. The van der Waals surface area contributed by atoms with E-state index < -0.39 is 0 Å². The Morgan fingerprint density at radius 3 is 2.50 bits per heavy atom. The van der Waals surface area contributed by atoms with Crippen LogP contribution in [-0.4, -0.2) is 9.81 Å². The van der Waals surface area contributed by atoms with E-state index in [1.807, 2.05) is 12.4 Å². The van der Waals surface area contributed by atoms with Crippen molar-refractivity contribution >= 4 is 15.9 Å². The molecule has 1 atom stereocenters. The van der Waals surface area contributed by atoms with Gasteiger partial charge in [-0.3, -0.25) is 4.98 Å². The summed E-state index contributed by atoms with van der Waals surface area (Å²) in [4.78, 5) is 4.67. The molecule has 0 N–H and O–H groups in total. The van der Waals surface area contributed by atoms with Gasteiger partial charge in [0.25, 0.3) is 0 Å².